The molecule has 298 valence electrons. The lowest BCUT2D eigenvalue weighted by molar-refractivity contribution is 0.615. The van der Waals surface area contributed by atoms with E-state index in [9.17, 15) is 0 Å². The number of furan rings is 2. The number of hydrogen-bond acceptors (Lipinski definition) is 4. The van der Waals surface area contributed by atoms with Crippen molar-refractivity contribution in [3.8, 4) is 27.9 Å². The fourth-order valence-corrected chi connectivity index (χ4v) is 10.9. The van der Waals surface area contributed by atoms with Gasteiger partial charge >= 0.3 is 0 Å². The largest absolute Gasteiger partial charge is 0.464 e. The molecule has 0 radical (unpaired) electrons. The molecule has 0 aliphatic carbocycles. The summed E-state index contributed by atoms with van der Waals surface area (Å²) in [4.78, 5) is 5.03. The maximum absolute atomic E-state index is 6.23. The van der Waals surface area contributed by atoms with Crippen LogP contribution in [0.3, 0.4) is 0 Å². The summed E-state index contributed by atoms with van der Waals surface area (Å²) < 4.78 is 14.8. The maximum atomic E-state index is 6.23. The van der Waals surface area contributed by atoms with Gasteiger partial charge in [0.05, 0.1) is 34.9 Å². The van der Waals surface area contributed by atoms with Gasteiger partial charge in [-0.15, -0.1) is 0 Å². The average Bonchev–Trinajstić information content (AvgIpc) is 4.12. The predicted molar refractivity (Wildman–Crippen MR) is 265 cm³/mol. The Bertz CT molecular complexity index is 3770. The van der Waals surface area contributed by atoms with E-state index in [-0.39, 0.29) is 6.71 Å². The fourth-order valence-electron chi connectivity index (χ4n) is 10.9. The highest BCUT2D eigenvalue weighted by atomic mass is 16.3. The standard InChI is InChI=1S/C58H36BN3O2/c1-3-14-37(15-4-1)40-27-30-54-44(32-34-63-54)57(40)61-50-23-12-9-20-46(50)59-47-29-26-39(60-48-21-10-7-18-42(48)43-19-8-11-22-49(43)60)36-53(47)62(52-25-13-24-51(61)56(52)59)58-41(38-16-5-2-6-17-38)28-31-55-45(58)33-35-64-55/h1-36H. The van der Waals surface area contributed by atoms with E-state index < -0.39 is 0 Å². The van der Waals surface area contributed by atoms with Crippen LogP contribution in [-0.2, 0) is 0 Å². The minimum absolute atomic E-state index is 0.0652. The van der Waals surface area contributed by atoms with Crippen molar-refractivity contribution in [1.29, 1.82) is 0 Å². The molecule has 64 heavy (non-hydrogen) atoms. The van der Waals surface area contributed by atoms with E-state index >= 15 is 0 Å². The molecular formula is C58H36BN3O2. The summed E-state index contributed by atoms with van der Waals surface area (Å²) in [5.41, 5.74) is 20.1. The number of rotatable bonds is 5. The lowest BCUT2D eigenvalue weighted by atomic mass is 9.33. The van der Waals surface area contributed by atoms with Crippen molar-refractivity contribution in [1.82, 2.24) is 4.57 Å². The average molecular weight is 818 g/mol. The van der Waals surface area contributed by atoms with Gasteiger partial charge < -0.3 is 23.2 Å². The molecule has 0 saturated carbocycles. The molecule has 0 spiro atoms. The Balaban J connectivity index is 1.11. The molecular weight excluding hydrogens is 781 g/mol. The number of anilines is 6. The van der Waals surface area contributed by atoms with Crippen LogP contribution in [0.15, 0.2) is 228 Å². The van der Waals surface area contributed by atoms with Gasteiger partial charge in [-0.2, -0.15) is 0 Å². The van der Waals surface area contributed by atoms with E-state index in [1.165, 1.54) is 38.2 Å². The van der Waals surface area contributed by atoms with E-state index in [0.717, 1.165) is 84.0 Å². The smallest absolute Gasteiger partial charge is 0.252 e. The second kappa shape index (κ2) is 13.5. The van der Waals surface area contributed by atoms with Crippen molar-refractivity contribution in [2.24, 2.45) is 0 Å². The second-order valence-electron chi connectivity index (χ2n) is 16.8. The van der Waals surface area contributed by atoms with Crippen molar-refractivity contribution in [3.05, 3.63) is 219 Å². The molecule has 5 heterocycles. The first-order valence-corrected chi connectivity index (χ1v) is 21.9. The van der Waals surface area contributed by atoms with Gasteiger partial charge in [-0.3, -0.25) is 0 Å². The van der Waals surface area contributed by atoms with Crippen LogP contribution in [0.5, 0.6) is 0 Å². The van der Waals surface area contributed by atoms with Crippen LogP contribution in [0.4, 0.5) is 34.1 Å². The molecule has 0 atom stereocenters. The Morgan fingerprint density at radius 3 is 1.47 bits per heavy atom. The summed E-state index contributed by atoms with van der Waals surface area (Å²) in [7, 11) is 0. The van der Waals surface area contributed by atoms with Crippen LogP contribution in [0.25, 0.3) is 71.7 Å². The van der Waals surface area contributed by atoms with Crippen molar-refractivity contribution in [2.45, 2.75) is 0 Å². The van der Waals surface area contributed by atoms with Crippen LogP contribution in [0.1, 0.15) is 0 Å². The first kappa shape index (κ1) is 35.2. The fraction of sp³-hybridized carbons (Fsp3) is 0. The van der Waals surface area contributed by atoms with Gasteiger partial charge in [-0.05, 0) is 106 Å². The zero-order valence-corrected chi connectivity index (χ0v) is 34.5. The summed E-state index contributed by atoms with van der Waals surface area (Å²) in [6.45, 7) is -0.0652. The number of fused-ring (bicyclic) bond motifs is 9. The van der Waals surface area contributed by atoms with Gasteiger partial charge in [0.1, 0.15) is 11.2 Å². The van der Waals surface area contributed by atoms with Crippen LogP contribution < -0.4 is 26.2 Å². The molecule has 5 nitrogen and oxygen atoms in total. The van der Waals surface area contributed by atoms with Gasteiger partial charge in [0.2, 0.25) is 0 Å². The third kappa shape index (κ3) is 4.90. The molecule has 0 amide bonds. The molecule has 9 aromatic carbocycles. The number of hydrogen-bond donors (Lipinski definition) is 0. The highest BCUT2D eigenvalue weighted by Gasteiger charge is 2.44. The monoisotopic (exact) mass is 817 g/mol. The van der Waals surface area contributed by atoms with Crippen LogP contribution in [0, 0.1) is 0 Å². The summed E-state index contributed by atoms with van der Waals surface area (Å²) >= 11 is 0. The summed E-state index contributed by atoms with van der Waals surface area (Å²) in [5, 5.41) is 4.58. The van der Waals surface area contributed by atoms with Gasteiger partial charge in [-0.25, -0.2) is 0 Å². The Morgan fingerprint density at radius 2 is 0.859 bits per heavy atom. The zero-order valence-electron chi connectivity index (χ0n) is 34.5. The minimum Gasteiger partial charge on any atom is -0.464 e. The second-order valence-corrected chi connectivity index (χ2v) is 16.8. The molecule has 12 aromatic rings. The van der Waals surface area contributed by atoms with E-state index in [1.54, 1.807) is 0 Å². The lowest BCUT2D eigenvalue weighted by Gasteiger charge is -2.45. The Labute approximate surface area is 369 Å². The van der Waals surface area contributed by atoms with Crippen molar-refractivity contribution in [3.63, 3.8) is 0 Å². The Morgan fingerprint density at radius 1 is 0.359 bits per heavy atom. The van der Waals surface area contributed by atoms with Crippen molar-refractivity contribution < 1.29 is 8.83 Å². The molecule has 0 bridgehead atoms. The number of aromatic nitrogens is 1. The van der Waals surface area contributed by atoms with Gasteiger partial charge in [-0.1, -0.05) is 127 Å². The van der Waals surface area contributed by atoms with E-state index in [4.69, 9.17) is 8.83 Å². The van der Waals surface area contributed by atoms with Gasteiger partial charge in [0.25, 0.3) is 6.71 Å². The number of nitrogens with zero attached hydrogens (tertiary/aromatic N) is 3. The third-order valence-corrected chi connectivity index (χ3v) is 13.6. The number of benzene rings is 9. The molecule has 6 heteroatoms. The van der Waals surface area contributed by atoms with Crippen LogP contribution >= 0.6 is 0 Å². The highest BCUT2D eigenvalue weighted by molar-refractivity contribution is 7.00. The molecule has 3 aromatic heterocycles. The Kier molecular flexibility index (Phi) is 7.42. The number of para-hydroxylation sites is 3. The van der Waals surface area contributed by atoms with Crippen molar-refractivity contribution in [2.75, 3.05) is 9.80 Å². The first-order chi connectivity index (χ1) is 31.8. The van der Waals surface area contributed by atoms with E-state index in [1.807, 2.05) is 12.5 Å². The quantitative estimate of drug-likeness (QED) is 0.162. The van der Waals surface area contributed by atoms with Crippen LogP contribution in [-0.4, -0.2) is 11.3 Å². The highest BCUT2D eigenvalue weighted by Crippen LogP contribution is 2.51. The first-order valence-electron chi connectivity index (χ1n) is 21.9. The molecule has 2 aliphatic rings. The zero-order chi connectivity index (χ0) is 41.9. The molecule has 0 unspecified atom stereocenters. The molecule has 0 fully saturated rings. The normalized spacial score (nSPS) is 12.9. The molecule has 2 aliphatic heterocycles. The summed E-state index contributed by atoms with van der Waals surface area (Å²) in [6, 6.07) is 74.9. The lowest BCUT2D eigenvalue weighted by Crippen LogP contribution is -2.61. The molecule has 0 saturated heterocycles. The maximum Gasteiger partial charge on any atom is 0.252 e. The van der Waals surface area contributed by atoms with E-state index in [2.05, 4.69) is 221 Å². The minimum atomic E-state index is -0.0652. The molecule has 0 N–H and O–H groups in total. The van der Waals surface area contributed by atoms with Gasteiger partial charge in [0.15, 0.2) is 0 Å². The van der Waals surface area contributed by atoms with E-state index in [0.29, 0.717) is 0 Å². The summed E-state index contributed by atoms with van der Waals surface area (Å²) in [5.74, 6) is 0. The third-order valence-electron chi connectivity index (χ3n) is 13.6. The topological polar surface area (TPSA) is 37.7 Å². The summed E-state index contributed by atoms with van der Waals surface area (Å²) in [6.07, 6.45) is 3.63. The van der Waals surface area contributed by atoms with Crippen LogP contribution in [0.2, 0.25) is 0 Å². The van der Waals surface area contributed by atoms with Crippen molar-refractivity contribution >= 4 is 101 Å². The molecule has 14 rings (SSSR count). The van der Waals surface area contributed by atoms with Gasteiger partial charge in [0, 0.05) is 61.1 Å². The Hall–Kier alpha value is -8.48. The predicted octanol–water partition coefficient (Wildman–Crippen LogP) is 13.7. The SMILES string of the molecule is c1ccc(-c2ccc3occc3c2N2c3ccccc3B3c4ccc(-n5c6ccccc6c6ccccc65)cc4N(c4c(-c5ccccc5)ccc5occc45)c4cccc2c43)cc1.